The molecule has 6 rings (SSSR count). The van der Waals surface area contributed by atoms with Gasteiger partial charge < -0.3 is 14.7 Å². The first-order chi connectivity index (χ1) is 18.1. The molecule has 2 aliphatic rings. The van der Waals surface area contributed by atoms with Crippen molar-refractivity contribution >= 4 is 28.3 Å². The number of benzene rings is 2. The minimum absolute atomic E-state index is 0.0347. The topological polar surface area (TPSA) is 70.4 Å². The molecule has 0 spiro atoms. The van der Waals surface area contributed by atoms with Crippen LogP contribution in [0.1, 0.15) is 24.2 Å². The Morgan fingerprint density at radius 3 is 2.19 bits per heavy atom. The maximum Gasteiger partial charge on any atom is 0.227 e. The van der Waals surface area contributed by atoms with E-state index in [1.165, 1.54) is 5.69 Å². The van der Waals surface area contributed by atoms with E-state index >= 15 is 0 Å². The minimum Gasteiger partial charge on any atom is -0.368 e. The molecule has 1 amide bonds. The van der Waals surface area contributed by atoms with E-state index in [2.05, 4.69) is 68.2 Å². The molecule has 2 aliphatic heterocycles. The highest BCUT2D eigenvalue weighted by Crippen LogP contribution is 2.32. The Hall–Kier alpha value is -3.94. The molecular formula is C29H33N7O. The predicted molar refractivity (Wildman–Crippen MR) is 146 cm³/mol. The molecule has 4 aromatic rings. The Bertz CT molecular complexity index is 1390. The number of aryl methyl sites for hydroxylation is 2. The molecular weight excluding hydrogens is 462 g/mol. The second-order valence-electron chi connectivity index (χ2n) is 10.1. The summed E-state index contributed by atoms with van der Waals surface area (Å²) >= 11 is 0. The fourth-order valence-electron chi connectivity index (χ4n) is 5.80. The van der Waals surface area contributed by atoms with Gasteiger partial charge in [-0.15, -0.1) is 5.10 Å². The third-order valence-electron chi connectivity index (χ3n) is 7.77. The van der Waals surface area contributed by atoms with Crippen LogP contribution in [0.2, 0.25) is 0 Å². The van der Waals surface area contributed by atoms with Crippen LogP contribution in [0, 0.1) is 19.8 Å². The number of anilines is 2. The fourth-order valence-corrected chi connectivity index (χ4v) is 5.80. The fraction of sp³-hybridized carbons (Fsp3) is 0.379. The summed E-state index contributed by atoms with van der Waals surface area (Å²) in [6.07, 6.45) is 1.87. The first kappa shape index (κ1) is 23.5. The van der Waals surface area contributed by atoms with E-state index in [1.807, 2.05) is 35.9 Å². The Balaban J connectivity index is 1.21. The van der Waals surface area contributed by atoms with Gasteiger partial charge in [-0.05, 0) is 51.0 Å². The number of amides is 1. The zero-order chi connectivity index (χ0) is 25.4. The molecule has 37 heavy (non-hydrogen) atoms. The number of piperidine rings is 1. The molecule has 2 fully saturated rings. The highest BCUT2D eigenvalue weighted by molar-refractivity contribution is 5.92. The third-order valence-corrected chi connectivity index (χ3v) is 7.77. The number of carbonyl (C=O) groups excluding carboxylic acids is 1. The Labute approximate surface area is 217 Å². The zero-order valence-corrected chi connectivity index (χ0v) is 21.5. The number of rotatable bonds is 4. The summed E-state index contributed by atoms with van der Waals surface area (Å²) in [5, 5.41) is 15.1. The van der Waals surface area contributed by atoms with E-state index in [-0.39, 0.29) is 11.8 Å². The quantitative estimate of drug-likeness (QED) is 0.426. The van der Waals surface area contributed by atoms with Gasteiger partial charge in [-0.1, -0.05) is 36.4 Å². The van der Waals surface area contributed by atoms with E-state index in [0.717, 1.165) is 79.4 Å². The van der Waals surface area contributed by atoms with Crippen LogP contribution in [-0.4, -0.2) is 70.1 Å². The molecule has 0 bridgehead atoms. The first-order valence-corrected chi connectivity index (χ1v) is 13.2. The van der Waals surface area contributed by atoms with Crippen LogP contribution in [0.3, 0.4) is 0 Å². The van der Waals surface area contributed by atoms with Gasteiger partial charge in [0, 0.05) is 45.0 Å². The Kier molecular flexibility index (Phi) is 6.24. The average Bonchev–Trinajstić information content (AvgIpc) is 3.32. The van der Waals surface area contributed by atoms with Crippen LogP contribution in [-0.2, 0) is 4.79 Å². The van der Waals surface area contributed by atoms with Crippen LogP contribution >= 0.6 is 0 Å². The van der Waals surface area contributed by atoms with Gasteiger partial charge in [0.1, 0.15) is 5.52 Å². The van der Waals surface area contributed by atoms with Crippen LogP contribution in [0.25, 0.3) is 16.6 Å². The second-order valence-corrected chi connectivity index (χ2v) is 10.1. The normalized spacial score (nSPS) is 18.4. The van der Waals surface area contributed by atoms with E-state index in [0.29, 0.717) is 6.54 Å². The molecule has 1 unspecified atom stereocenters. The lowest BCUT2D eigenvalue weighted by Gasteiger charge is -2.40. The Morgan fingerprint density at radius 1 is 0.811 bits per heavy atom. The van der Waals surface area contributed by atoms with E-state index in [9.17, 15) is 4.79 Å². The Morgan fingerprint density at radius 2 is 1.49 bits per heavy atom. The lowest BCUT2D eigenvalue weighted by atomic mass is 9.96. The number of piperazine rings is 1. The van der Waals surface area contributed by atoms with Crippen LogP contribution in [0.4, 0.5) is 11.5 Å². The zero-order valence-electron chi connectivity index (χ0n) is 21.5. The summed E-state index contributed by atoms with van der Waals surface area (Å²) in [5.41, 5.74) is 5.03. The standard InChI is InChI=1S/C29H33N7O/c1-21-26-22(2)36(25-13-7-4-8-14-25)32-27(26)28(31-30-21)35-15-9-10-23(20-35)29(37)34-18-16-33(17-19-34)24-11-5-3-6-12-24/h3-8,11-14,23H,9-10,15-20H2,1-2H3. The monoisotopic (exact) mass is 495 g/mol. The van der Waals surface area contributed by atoms with Gasteiger partial charge in [0.15, 0.2) is 5.82 Å². The van der Waals surface area contributed by atoms with Crippen molar-refractivity contribution in [2.24, 2.45) is 5.92 Å². The van der Waals surface area contributed by atoms with Crippen molar-refractivity contribution < 1.29 is 4.79 Å². The smallest absolute Gasteiger partial charge is 0.227 e. The van der Waals surface area contributed by atoms with E-state index in [4.69, 9.17) is 5.10 Å². The van der Waals surface area contributed by atoms with Crippen molar-refractivity contribution in [2.45, 2.75) is 26.7 Å². The summed E-state index contributed by atoms with van der Waals surface area (Å²) in [7, 11) is 0. The molecule has 2 aromatic carbocycles. The molecule has 0 saturated carbocycles. The number of hydrogen-bond donors (Lipinski definition) is 0. The van der Waals surface area contributed by atoms with Gasteiger partial charge in [0.05, 0.1) is 28.4 Å². The van der Waals surface area contributed by atoms with Crippen LogP contribution < -0.4 is 9.80 Å². The van der Waals surface area contributed by atoms with E-state index < -0.39 is 0 Å². The molecule has 190 valence electrons. The molecule has 8 heteroatoms. The van der Waals surface area contributed by atoms with Crippen molar-refractivity contribution in [3.05, 3.63) is 72.1 Å². The maximum atomic E-state index is 13.6. The van der Waals surface area contributed by atoms with Gasteiger partial charge in [0.25, 0.3) is 0 Å². The molecule has 8 nitrogen and oxygen atoms in total. The molecule has 2 aromatic heterocycles. The maximum absolute atomic E-state index is 13.6. The van der Waals surface area contributed by atoms with Gasteiger partial charge in [-0.25, -0.2) is 4.68 Å². The molecule has 1 atom stereocenters. The lowest BCUT2D eigenvalue weighted by Crippen LogP contribution is -2.52. The number of aromatic nitrogens is 4. The molecule has 0 radical (unpaired) electrons. The van der Waals surface area contributed by atoms with Crippen molar-refractivity contribution in [3.63, 3.8) is 0 Å². The van der Waals surface area contributed by atoms with Gasteiger partial charge in [0.2, 0.25) is 5.91 Å². The number of fused-ring (bicyclic) bond motifs is 1. The number of carbonyl (C=O) groups is 1. The second kappa shape index (κ2) is 9.84. The minimum atomic E-state index is -0.0347. The molecule has 2 saturated heterocycles. The van der Waals surface area contributed by atoms with Gasteiger partial charge in [-0.2, -0.15) is 10.2 Å². The number of para-hydroxylation sites is 2. The van der Waals surface area contributed by atoms with Crippen molar-refractivity contribution in [2.75, 3.05) is 49.1 Å². The molecule has 4 heterocycles. The third kappa shape index (κ3) is 4.41. The summed E-state index contributed by atoms with van der Waals surface area (Å²) < 4.78 is 1.98. The van der Waals surface area contributed by atoms with Crippen molar-refractivity contribution in [1.82, 2.24) is 24.9 Å². The highest BCUT2D eigenvalue weighted by atomic mass is 16.2. The lowest BCUT2D eigenvalue weighted by molar-refractivity contribution is -0.136. The number of nitrogens with zero attached hydrogens (tertiary/aromatic N) is 7. The predicted octanol–water partition coefficient (Wildman–Crippen LogP) is 4.00. The van der Waals surface area contributed by atoms with Crippen molar-refractivity contribution in [1.29, 1.82) is 0 Å². The van der Waals surface area contributed by atoms with E-state index in [1.54, 1.807) is 0 Å². The van der Waals surface area contributed by atoms with Crippen molar-refractivity contribution in [3.8, 4) is 5.69 Å². The number of hydrogen-bond acceptors (Lipinski definition) is 6. The summed E-state index contributed by atoms with van der Waals surface area (Å²) in [6, 6.07) is 20.6. The highest BCUT2D eigenvalue weighted by Gasteiger charge is 2.33. The van der Waals surface area contributed by atoms with Crippen LogP contribution in [0.5, 0.6) is 0 Å². The summed E-state index contributed by atoms with van der Waals surface area (Å²) in [4.78, 5) is 20.2. The SMILES string of the molecule is Cc1nnc(N2CCCC(C(=O)N3CCN(c4ccccc4)CC3)C2)c2nn(-c3ccccc3)c(C)c12. The molecule has 0 aliphatic carbocycles. The molecule has 0 N–H and O–H groups in total. The summed E-state index contributed by atoms with van der Waals surface area (Å²) in [5.74, 6) is 1.01. The largest absolute Gasteiger partial charge is 0.368 e. The summed E-state index contributed by atoms with van der Waals surface area (Å²) in [6.45, 7) is 8.84. The van der Waals surface area contributed by atoms with Gasteiger partial charge >= 0.3 is 0 Å². The first-order valence-electron chi connectivity index (χ1n) is 13.2. The van der Waals surface area contributed by atoms with Crippen LogP contribution in [0.15, 0.2) is 60.7 Å². The van der Waals surface area contributed by atoms with Gasteiger partial charge in [-0.3, -0.25) is 4.79 Å². The average molecular weight is 496 g/mol.